The van der Waals surface area contributed by atoms with E-state index in [2.05, 4.69) is 4.90 Å². The first kappa shape index (κ1) is 18.2. The third-order valence-electron chi connectivity index (χ3n) is 6.53. The number of rotatable bonds is 7. The molecule has 0 N–H and O–H groups in total. The molecular weight excluding hydrogens is 333 g/mol. The molecule has 0 aromatic heterocycles. The number of nitrogens with zero attached hydrogens (tertiary/aromatic N) is 1. The van der Waals surface area contributed by atoms with Gasteiger partial charge in [-0.1, -0.05) is 0 Å². The van der Waals surface area contributed by atoms with Crippen molar-refractivity contribution in [2.75, 3.05) is 27.4 Å². The third kappa shape index (κ3) is 3.62. The van der Waals surface area contributed by atoms with Crippen LogP contribution in [-0.4, -0.2) is 50.0 Å². The predicted octanol–water partition coefficient (Wildman–Crippen LogP) is 3.77. The Hall–Kier alpha value is -1.17. The summed E-state index contributed by atoms with van der Waals surface area (Å²) in [6.45, 7) is 2.56. The van der Waals surface area contributed by atoms with Gasteiger partial charge in [0.15, 0.2) is 0 Å². The average Bonchev–Trinajstić information content (AvgIpc) is 3.42. The molecule has 1 heterocycles. The Morgan fingerprint density at radius 1 is 1.19 bits per heavy atom. The van der Waals surface area contributed by atoms with Crippen molar-refractivity contribution < 1.29 is 18.6 Å². The van der Waals surface area contributed by atoms with Crippen LogP contribution in [0.4, 0.5) is 4.39 Å². The van der Waals surface area contributed by atoms with E-state index in [0.717, 1.165) is 56.1 Å². The van der Waals surface area contributed by atoms with Crippen LogP contribution in [-0.2, 0) is 16.0 Å². The number of halogens is 1. The molecule has 26 heavy (non-hydrogen) atoms. The Bertz CT molecular complexity index is 636. The zero-order valence-electron chi connectivity index (χ0n) is 15.9. The van der Waals surface area contributed by atoms with Gasteiger partial charge >= 0.3 is 0 Å². The zero-order valence-corrected chi connectivity index (χ0v) is 15.9. The Labute approximate surface area is 155 Å². The summed E-state index contributed by atoms with van der Waals surface area (Å²) >= 11 is 0. The molecule has 4 rings (SSSR count). The first-order valence-electron chi connectivity index (χ1n) is 9.87. The third-order valence-corrected chi connectivity index (χ3v) is 6.53. The summed E-state index contributed by atoms with van der Waals surface area (Å²) in [6.07, 6.45) is 7.11. The zero-order chi connectivity index (χ0) is 18.1. The van der Waals surface area contributed by atoms with E-state index < -0.39 is 0 Å². The van der Waals surface area contributed by atoms with Crippen LogP contribution in [0.15, 0.2) is 18.2 Å². The molecule has 1 saturated heterocycles. The molecule has 1 aromatic rings. The summed E-state index contributed by atoms with van der Waals surface area (Å²) in [5, 5.41) is 0. The SMILES string of the molecule is COc1ccc(F)cc1CN1CC[C@]2(OC)CC[C@H](OCC3CC3)C[C@H]12. The highest BCUT2D eigenvalue weighted by Gasteiger charge is 2.51. The van der Waals surface area contributed by atoms with E-state index in [0.29, 0.717) is 18.7 Å². The molecule has 144 valence electrons. The lowest BCUT2D eigenvalue weighted by atomic mass is 9.79. The van der Waals surface area contributed by atoms with Crippen LogP contribution in [0.3, 0.4) is 0 Å². The number of methoxy groups -OCH3 is 2. The second-order valence-corrected chi connectivity index (χ2v) is 8.13. The number of hydrogen-bond acceptors (Lipinski definition) is 4. The Balaban J connectivity index is 1.48. The number of benzene rings is 1. The fourth-order valence-corrected chi connectivity index (χ4v) is 4.74. The monoisotopic (exact) mass is 363 g/mol. The fraction of sp³-hybridized carbons (Fsp3) is 0.714. The minimum Gasteiger partial charge on any atom is -0.496 e. The largest absolute Gasteiger partial charge is 0.496 e. The fourth-order valence-electron chi connectivity index (χ4n) is 4.74. The molecule has 3 fully saturated rings. The molecule has 5 heteroatoms. The average molecular weight is 363 g/mol. The smallest absolute Gasteiger partial charge is 0.123 e. The highest BCUT2D eigenvalue weighted by molar-refractivity contribution is 5.34. The number of likely N-dealkylation sites (tertiary alicyclic amines) is 1. The molecule has 4 nitrogen and oxygen atoms in total. The van der Waals surface area contributed by atoms with Crippen LogP contribution in [0.2, 0.25) is 0 Å². The maximum Gasteiger partial charge on any atom is 0.123 e. The first-order valence-corrected chi connectivity index (χ1v) is 9.87. The van der Waals surface area contributed by atoms with Gasteiger partial charge < -0.3 is 14.2 Å². The molecule has 0 spiro atoms. The van der Waals surface area contributed by atoms with Crippen molar-refractivity contribution in [3.05, 3.63) is 29.6 Å². The van der Waals surface area contributed by atoms with E-state index in [1.54, 1.807) is 19.2 Å². The highest BCUT2D eigenvalue weighted by Crippen LogP contribution is 2.44. The summed E-state index contributed by atoms with van der Waals surface area (Å²) < 4.78 is 31.4. The quantitative estimate of drug-likeness (QED) is 0.738. The van der Waals surface area contributed by atoms with Gasteiger partial charge in [-0.15, -0.1) is 0 Å². The normalized spacial score (nSPS) is 31.8. The van der Waals surface area contributed by atoms with Gasteiger partial charge in [0.1, 0.15) is 11.6 Å². The van der Waals surface area contributed by atoms with Gasteiger partial charge in [-0.25, -0.2) is 4.39 Å². The van der Waals surface area contributed by atoms with Gasteiger partial charge in [0.05, 0.1) is 18.8 Å². The maximum absolute atomic E-state index is 13.8. The van der Waals surface area contributed by atoms with E-state index >= 15 is 0 Å². The molecular formula is C21H30FNO3. The highest BCUT2D eigenvalue weighted by atomic mass is 19.1. The Kier molecular flexibility index (Phi) is 5.22. The summed E-state index contributed by atoms with van der Waals surface area (Å²) in [7, 11) is 3.48. The molecule has 2 saturated carbocycles. The van der Waals surface area contributed by atoms with Crippen molar-refractivity contribution in [2.45, 2.75) is 62.8 Å². The molecule has 2 aliphatic carbocycles. The van der Waals surface area contributed by atoms with Crippen LogP contribution >= 0.6 is 0 Å². The topological polar surface area (TPSA) is 30.9 Å². The lowest BCUT2D eigenvalue weighted by molar-refractivity contribution is -0.103. The van der Waals surface area contributed by atoms with Crippen molar-refractivity contribution in [1.82, 2.24) is 4.90 Å². The van der Waals surface area contributed by atoms with Crippen molar-refractivity contribution in [3.63, 3.8) is 0 Å². The molecule has 3 atom stereocenters. The summed E-state index contributed by atoms with van der Waals surface area (Å²) in [6, 6.07) is 5.08. The van der Waals surface area contributed by atoms with Gasteiger partial charge in [-0.05, 0) is 62.6 Å². The summed E-state index contributed by atoms with van der Waals surface area (Å²) in [5.41, 5.74) is 0.820. The Morgan fingerprint density at radius 2 is 2.04 bits per heavy atom. The number of fused-ring (bicyclic) bond motifs is 1. The van der Waals surface area contributed by atoms with Gasteiger partial charge in [0.2, 0.25) is 0 Å². The van der Waals surface area contributed by atoms with Gasteiger partial charge in [-0.3, -0.25) is 4.90 Å². The molecule has 0 bridgehead atoms. The van der Waals surface area contributed by atoms with Crippen molar-refractivity contribution in [3.8, 4) is 5.75 Å². The number of ether oxygens (including phenoxy) is 3. The minimum atomic E-state index is -0.215. The Morgan fingerprint density at radius 3 is 2.77 bits per heavy atom. The van der Waals surface area contributed by atoms with Crippen LogP contribution in [0, 0.1) is 11.7 Å². The summed E-state index contributed by atoms with van der Waals surface area (Å²) in [4.78, 5) is 2.44. The molecule has 0 unspecified atom stereocenters. The van der Waals surface area contributed by atoms with Crippen molar-refractivity contribution in [1.29, 1.82) is 0 Å². The van der Waals surface area contributed by atoms with Crippen LogP contribution in [0.25, 0.3) is 0 Å². The van der Waals surface area contributed by atoms with E-state index in [1.165, 1.54) is 18.9 Å². The van der Waals surface area contributed by atoms with Crippen molar-refractivity contribution in [2.24, 2.45) is 5.92 Å². The lowest BCUT2D eigenvalue weighted by Crippen LogP contribution is -2.51. The molecule has 0 amide bonds. The second kappa shape index (κ2) is 7.45. The van der Waals surface area contributed by atoms with Crippen LogP contribution < -0.4 is 4.74 Å². The van der Waals surface area contributed by atoms with E-state index in [9.17, 15) is 4.39 Å². The van der Waals surface area contributed by atoms with E-state index in [-0.39, 0.29) is 11.4 Å². The van der Waals surface area contributed by atoms with Gasteiger partial charge in [0.25, 0.3) is 0 Å². The number of hydrogen-bond donors (Lipinski definition) is 0. The molecule has 0 radical (unpaired) electrons. The predicted molar refractivity (Wildman–Crippen MR) is 97.8 cm³/mol. The van der Waals surface area contributed by atoms with Crippen LogP contribution in [0.1, 0.15) is 44.1 Å². The van der Waals surface area contributed by atoms with Gasteiger partial charge in [-0.2, -0.15) is 0 Å². The molecule has 1 aliphatic heterocycles. The first-order chi connectivity index (χ1) is 12.6. The second-order valence-electron chi connectivity index (χ2n) is 8.13. The van der Waals surface area contributed by atoms with Crippen LogP contribution in [0.5, 0.6) is 5.75 Å². The van der Waals surface area contributed by atoms with E-state index in [1.807, 2.05) is 7.11 Å². The molecule has 1 aromatic carbocycles. The molecule has 3 aliphatic rings. The minimum absolute atomic E-state index is 0.0833. The maximum atomic E-state index is 13.8. The van der Waals surface area contributed by atoms with E-state index in [4.69, 9.17) is 14.2 Å². The van der Waals surface area contributed by atoms with Gasteiger partial charge in [0, 0.05) is 38.4 Å². The standard InChI is InChI=1S/C21H30FNO3/c1-24-19-6-5-17(22)11-16(19)13-23-10-9-21(25-2)8-7-18(12-20(21)23)26-14-15-3-4-15/h5-6,11,15,18,20H,3-4,7-10,12-14H2,1-2H3/t18-,20-,21+/m0/s1. The summed E-state index contributed by atoms with van der Waals surface area (Å²) in [5.74, 6) is 1.33. The lowest BCUT2D eigenvalue weighted by Gasteiger charge is -2.43. The van der Waals surface area contributed by atoms with Crippen molar-refractivity contribution >= 4 is 0 Å².